The van der Waals surface area contributed by atoms with Crippen LogP contribution in [0.25, 0.3) is 11.5 Å². The molecule has 0 spiro atoms. The minimum Gasteiger partial charge on any atom is -0.497 e. The minimum atomic E-state index is -0.230. The highest BCUT2D eigenvalue weighted by molar-refractivity contribution is 5.67. The molecule has 3 rings (SSSR count). The topological polar surface area (TPSA) is 68.0 Å². The summed E-state index contributed by atoms with van der Waals surface area (Å²) < 4.78 is 16.1. The first-order chi connectivity index (χ1) is 12.6. The lowest BCUT2D eigenvalue weighted by molar-refractivity contribution is 0.0774. The zero-order chi connectivity index (χ0) is 18.5. The van der Waals surface area contributed by atoms with Gasteiger partial charge in [-0.2, -0.15) is 0 Å². The number of nitrogens with zero attached hydrogens (tertiary/aromatic N) is 3. The third kappa shape index (κ3) is 4.16. The molecule has 1 aromatic heterocycles. The number of aryl methyl sites for hydroxylation is 1. The molecule has 1 aliphatic rings. The number of oxazole rings is 1. The largest absolute Gasteiger partial charge is 0.497 e. The molecule has 0 saturated carbocycles. The van der Waals surface area contributed by atoms with Crippen LogP contribution >= 0.6 is 0 Å². The van der Waals surface area contributed by atoms with E-state index in [2.05, 4.69) is 9.88 Å². The minimum absolute atomic E-state index is 0.230. The normalized spacial score (nSPS) is 15.1. The first-order valence-corrected chi connectivity index (χ1v) is 8.85. The van der Waals surface area contributed by atoms with Gasteiger partial charge in [0, 0.05) is 38.3 Å². The Hall–Kier alpha value is -2.54. The number of ether oxygens (including phenoxy) is 2. The number of rotatable bonds is 5. The van der Waals surface area contributed by atoms with Gasteiger partial charge >= 0.3 is 6.09 Å². The van der Waals surface area contributed by atoms with Crippen molar-refractivity contribution < 1.29 is 18.7 Å². The molecule has 140 valence electrons. The average molecular weight is 359 g/mol. The van der Waals surface area contributed by atoms with Crippen molar-refractivity contribution in [1.82, 2.24) is 14.8 Å². The summed E-state index contributed by atoms with van der Waals surface area (Å²) in [5.74, 6) is 2.24. The number of benzene rings is 1. The molecule has 0 radical (unpaired) electrons. The molecule has 0 N–H and O–H groups in total. The number of hydrogen-bond donors (Lipinski definition) is 0. The van der Waals surface area contributed by atoms with Crippen molar-refractivity contribution in [2.75, 3.05) is 39.9 Å². The fourth-order valence-corrected chi connectivity index (χ4v) is 2.95. The Bertz CT molecular complexity index is 734. The zero-order valence-electron chi connectivity index (χ0n) is 15.5. The maximum absolute atomic E-state index is 11.8. The van der Waals surface area contributed by atoms with Crippen molar-refractivity contribution >= 4 is 6.09 Å². The van der Waals surface area contributed by atoms with E-state index in [1.165, 1.54) is 0 Å². The van der Waals surface area contributed by atoms with Crippen LogP contribution in [0.1, 0.15) is 18.4 Å². The van der Waals surface area contributed by atoms with Crippen LogP contribution in [0, 0.1) is 6.92 Å². The molecule has 1 amide bonds. The Balaban J connectivity index is 1.61. The molecular weight excluding hydrogens is 334 g/mol. The molecule has 7 heteroatoms. The predicted molar refractivity (Wildman–Crippen MR) is 97.1 cm³/mol. The van der Waals surface area contributed by atoms with Gasteiger partial charge in [0.05, 0.1) is 19.4 Å². The SMILES string of the molecule is CCOC(=O)N1CCN(Cc2nc(-c3ccc(OC)cc3)oc2C)CC1. The quantitative estimate of drug-likeness (QED) is 0.818. The van der Waals surface area contributed by atoms with Crippen molar-refractivity contribution in [1.29, 1.82) is 0 Å². The summed E-state index contributed by atoms with van der Waals surface area (Å²) in [6, 6.07) is 7.66. The van der Waals surface area contributed by atoms with Crippen LogP contribution in [0.2, 0.25) is 0 Å². The maximum Gasteiger partial charge on any atom is 0.409 e. The van der Waals surface area contributed by atoms with Gasteiger partial charge in [0.2, 0.25) is 5.89 Å². The number of carbonyl (C=O) groups excluding carboxylic acids is 1. The van der Waals surface area contributed by atoms with E-state index in [0.717, 1.165) is 35.9 Å². The molecule has 0 aliphatic carbocycles. The molecule has 1 fully saturated rings. The second kappa shape index (κ2) is 8.23. The molecule has 2 heterocycles. The molecule has 0 unspecified atom stereocenters. The number of carbonyl (C=O) groups is 1. The smallest absolute Gasteiger partial charge is 0.409 e. The van der Waals surface area contributed by atoms with Crippen molar-refractivity contribution in [3.05, 3.63) is 35.7 Å². The zero-order valence-corrected chi connectivity index (χ0v) is 15.5. The molecular formula is C19H25N3O4. The van der Waals surface area contributed by atoms with E-state index < -0.39 is 0 Å². The Morgan fingerprint density at radius 2 is 1.88 bits per heavy atom. The summed E-state index contributed by atoms with van der Waals surface area (Å²) in [7, 11) is 1.64. The molecule has 1 saturated heterocycles. The summed E-state index contributed by atoms with van der Waals surface area (Å²) in [5, 5.41) is 0. The Morgan fingerprint density at radius 1 is 1.19 bits per heavy atom. The maximum atomic E-state index is 11.8. The van der Waals surface area contributed by atoms with Crippen molar-refractivity contribution in [3.63, 3.8) is 0 Å². The van der Waals surface area contributed by atoms with Crippen LogP contribution in [-0.4, -0.2) is 60.8 Å². The van der Waals surface area contributed by atoms with Crippen LogP contribution in [-0.2, 0) is 11.3 Å². The Morgan fingerprint density at radius 3 is 2.50 bits per heavy atom. The van der Waals surface area contributed by atoms with E-state index in [-0.39, 0.29) is 6.09 Å². The Labute approximate surface area is 153 Å². The lowest BCUT2D eigenvalue weighted by Crippen LogP contribution is -2.48. The lowest BCUT2D eigenvalue weighted by Gasteiger charge is -2.33. The number of aromatic nitrogens is 1. The van der Waals surface area contributed by atoms with Gasteiger partial charge < -0.3 is 18.8 Å². The van der Waals surface area contributed by atoms with E-state index in [0.29, 0.717) is 32.1 Å². The van der Waals surface area contributed by atoms with Gasteiger partial charge in [-0.05, 0) is 38.1 Å². The van der Waals surface area contributed by atoms with Gasteiger partial charge in [0.1, 0.15) is 11.5 Å². The predicted octanol–water partition coefficient (Wildman–Crippen LogP) is 2.93. The van der Waals surface area contributed by atoms with Gasteiger partial charge in [-0.3, -0.25) is 4.90 Å². The molecule has 1 aromatic carbocycles. The number of piperazine rings is 1. The fourth-order valence-electron chi connectivity index (χ4n) is 2.95. The molecule has 7 nitrogen and oxygen atoms in total. The van der Waals surface area contributed by atoms with Gasteiger partial charge in [-0.25, -0.2) is 9.78 Å². The molecule has 1 aliphatic heterocycles. The molecule has 2 aromatic rings. The third-order valence-electron chi connectivity index (χ3n) is 4.50. The molecule has 0 bridgehead atoms. The fraction of sp³-hybridized carbons (Fsp3) is 0.474. The van der Waals surface area contributed by atoms with Gasteiger partial charge in [-0.1, -0.05) is 0 Å². The summed E-state index contributed by atoms with van der Waals surface area (Å²) in [6.07, 6.45) is -0.230. The van der Waals surface area contributed by atoms with Crippen LogP contribution in [0.4, 0.5) is 4.79 Å². The van der Waals surface area contributed by atoms with Crippen molar-refractivity contribution in [2.45, 2.75) is 20.4 Å². The number of amides is 1. The van der Waals surface area contributed by atoms with Crippen LogP contribution < -0.4 is 4.74 Å². The van der Waals surface area contributed by atoms with E-state index >= 15 is 0 Å². The highest BCUT2D eigenvalue weighted by Crippen LogP contribution is 2.24. The van der Waals surface area contributed by atoms with Crippen LogP contribution in [0.15, 0.2) is 28.7 Å². The van der Waals surface area contributed by atoms with E-state index in [9.17, 15) is 4.79 Å². The highest BCUT2D eigenvalue weighted by Gasteiger charge is 2.23. The van der Waals surface area contributed by atoms with Crippen LogP contribution in [0.3, 0.4) is 0 Å². The number of methoxy groups -OCH3 is 1. The summed E-state index contributed by atoms with van der Waals surface area (Å²) in [4.78, 5) is 20.5. The van der Waals surface area contributed by atoms with Gasteiger partial charge in [-0.15, -0.1) is 0 Å². The average Bonchev–Trinajstić information content (AvgIpc) is 3.03. The van der Waals surface area contributed by atoms with Crippen molar-refractivity contribution in [3.8, 4) is 17.2 Å². The second-order valence-electron chi connectivity index (χ2n) is 6.21. The third-order valence-corrected chi connectivity index (χ3v) is 4.50. The first kappa shape index (κ1) is 18.3. The Kier molecular flexibility index (Phi) is 5.78. The van der Waals surface area contributed by atoms with Gasteiger partial charge in [0.25, 0.3) is 0 Å². The highest BCUT2D eigenvalue weighted by atomic mass is 16.6. The number of hydrogen-bond acceptors (Lipinski definition) is 6. The first-order valence-electron chi connectivity index (χ1n) is 8.85. The van der Waals surface area contributed by atoms with Gasteiger partial charge in [0.15, 0.2) is 0 Å². The second-order valence-corrected chi connectivity index (χ2v) is 6.21. The summed E-state index contributed by atoms with van der Waals surface area (Å²) in [5.41, 5.74) is 1.85. The van der Waals surface area contributed by atoms with E-state index in [1.807, 2.05) is 38.1 Å². The van der Waals surface area contributed by atoms with E-state index in [4.69, 9.17) is 13.9 Å². The van der Waals surface area contributed by atoms with Crippen LogP contribution in [0.5, 0.6) is 5.75 Å². The van der Waals surface area contributed by atoms with Crippen molar-refractivity contribution in [2.24, 2.45) is 0 Å². The van der Waals surface area contributed by atoms with E-state index in [1.54, 1.807) is 12.0 Å². The summed E-state index contributed by atoms with van der Waals surface area (Å²) >= 11 is 0. The molecule has 26 heavy (non-hydrogen) atoms. The standard InChI is InChI=1S/C19H25N3O4/c1-4-25-19(23)22-11-9-21(10-12-22)13-17-14(2)26-18(20-17)15-5-7-16(24-3)8-6-15/h5-8H,4,9-13H2,1-3H3. The molecule has 0 atom stereocenters. The monoisotopic (exact) mass is 359 g/mol. The summed E-state index contributed by atoms with van der Waals surface area (Å²) in [6.45, 7) is 7.80. The lowest BCUT2D eigenvalue weighted by atomic mass is 10.2.